The molecule has 2 aromatic rings. The first-order valence-corrected chi connectivity index (χ1v) is 7.45. The molecule has 0 aromatic heterocycles. The van der Waals surface area contributed by atoms with Gasteiger partial charge in [-0.2, -0.15) is 0 Å². The van der Waals surface area contributed by atoms with Gasteiger partial charge in [-0.05, 0) is 52.7 Å². The molecule has 0 atom stereocenters. The van der Waals surface area contributed by atoms with Gasteiger partial charge in [0.25, 0.3) is 0 Å². The summed E-state index contributed by atoms with van der Waals surface area (Å²) in [6.45, 7) is 1.98. The molecule has 6 heteroatoms. The van der Waals surface area contributed by atoms with E-state index in [1.165, 1.54) is 0 Å². The van der Waals surface area contributed by atoms with E-state index in [1.807, 2.05) is 25.1 Å². The highest BCUT2D eigenvalue weighted by Gasteiger charge is 2.08. The molecule has 2 amide bonds. The second kappa shape index (κ2) is 7.09. The summed E-state index contributed by atoms with van der Waals surface area (Å²) in [6.07, 6.45) is 0. The van der Waals surface area contributed by atoms with E-state index < -0.39 is 5.91 Å². The van der Waals surface area contributed by atoms with Crippen molar-refractivity contribution >= 4 is 39.1 Å². The summed E-state index contributed by atoms with van der Waals surface area (Å²) >= 11 is 3.37. The number of para-hydroxylation sites is 1. The van der Waals surface area contributed by atoms with Crippen molar-refractivity contribution < 1.29 is 9.59 Å². The molecule has 0 saturated heterocycles. The van der Waals surface area contributed by atoms with Gasteiger partial charge >= 0.3 is 0 Å². The molecule has 0 saturated carbocycles. The lowest BCUT2D eigenvalue weighted by Gasteiger charge is -2.11. The zero-order chi connectivity index (χ0) is 16.1. The number of nitrogens with two attached hydrogens (primary N) is 1. The van der Waals surface area contributed by atoms with Crippen LogP contribution in [0.4, 0.5) is 11.4 Å². The van der Waals surface area contributed by atoms with E-state index in [2.05, 4.69) is 26.6 Å². The Balaban J connectivity index is 2.01. The quantitative estimate of drug-likeness (QED) is 0.765. The van der Waals surface area contributed by atoms with Crippen LogP contribution < -0.4 is 16.4 Å². The van der Waals surface area contributed by atoms with Crippen LogP contribution in [0, 0.1) is 6.92 Å². The van der Waals surface area contributed by atoms with Crippen molar-refractivity contribution in [3.63, 3.8) is 0 Å². The lowest BCUT2D eigenvalue weighted by atomic mass is 10.1. The van der Waals surface area contributed by atoms with Crippen molar-refractivity contribution in [2.75, 3.05) is 17.2 Å². The third-order valence-corrected chi connectivity index (χ3v) is 3.80. The SMILES string of the molecule is Cc1ccc(C(N)=O)cc1NCC(=O)Nc1ccccc1Br. The first kappa shape index (κ1) is 16.0. The first-order chi connectivity index (χ1) is 10.5. The smallest absolute Gasteiger partial charge is 0.248 e. The fourth-order valence-corrected chi connectivity index (χ4v) is 2.28. The number of carbonyl (C=O) groups excluding carboxylic acids is 2. The molecule has 0 fully saturated rings. The molecule has 0 aliphatic carbocycles. The molecule has 0 unspecified atom stereocenters. The van der Waals surface area contributed by atoms with Gasteiger partial charge in [-0.25, -0.2) is 0 Å². The van der Waals surface area contributed by atoms with Crippen molar-refractivity contribution in [2.24, 2.45) is 5.73 Å². The minimum atomic E-state index is -0.499. The van der Waals surface area contributed by atoms with Gasteiger partial charge in [-0.3, -0.25) is 9.59 Å². The molecule has 22 heavy (non-hydrogen) atoms. The Morgan fingerprint density at radius 2 is 1.86 bits per heavy atom. The van der Waals surface area contributed by atoms with Crippen LogP contribution in [0.15, 0.2) is 46.9 Å². The van der Waals surface area contributed by atoms with Crippen LogP contribution in [0.2, 0.25) is 0 Å². The summed E-state index contributed by atoms with van der Waals surface area (Å²) in [5.41, 5.74) is 8.00. The average molecular weight is 362 g/mol. The lowest BCUT2D eigenvalue weighted by Crippen LogP contribution is -2.22. The Kier molecular flexibility index (Phi) is 5.16. The number of aryl methyl sites for hydroxylation is 1. The third-order valence-electron chi connectivity index (χ3n) is 3.11. The molecule has 5 nitrogen and oxygen atoms in total. The van der Waals surface area contributed by atoms with Crippen LogP contribution >= 0.6 is 15.9 Å². The van der Waals surface area contributed by atoms with Crippen molar-refractivity contribution in [2.45, 2.75) is 6.92 Å². The molecule has 114 valence electrons. The minimum Gasteiger partial charge on any atom is -0.376 e. The van der Waals surface area contributed by atoms with Gasteiger partial charge in [-0.1, -0.05) is 18.2 Å². The highest BCUT2D eigenvalue weighted by atomic mass is 79.9. The molecule has 0 aliphatic heterocycles. The predicted molar refractivity (Wildman–Crippen MR) is 91.0 cm³/mol. The minimum absolute atomic E-state index is 0.0877. The zero-order valence-electron chi connectivity index (χ0n) is 12.0. The van der Waals surface area contributed by atoms with Crippen molar-refractivity contribution in [1.82, 2.24) is 0 Å². The summed E-state index contributed by atoms with van der Waals surface area (Å²) in [7, 11) is 0. The standard InChI is InChI=1S/C16H16BrN3O2/c1-10-6-7-11(16(18)22)8-14(10)19-9-15(21)20-13-5-3-2-4-12(13)17/h2-8,19H,9H2,1H3,(H2,18,22)(H,20,21). The number of halogens is 1. The van der Waals surface area contributed by atoms with E-state index in [-0.39, 0.29) is 12.5 Å². The highest BCUT2D eigenvalue weighted by Crippen LogP contribution is 2.21. The third kappa shape index (κ3) is 4.08. The maximum absolute atomic E-state index is 12.0. The van der Waals surface area contributed by atoms with E-state index >= 15 is 0 Å². The van der Waals surface area contributed by atoms with E-state index in [4.69, 9.17) is 5.73 Å². The number of hydrogen-bond acceptors (Lipinski definition) is 3. The Bertz CT molecular complexity index is 716. The monoisotopic (exact) mass is 361 g/mol. The van der Waals surface area contributed by atoms with Crippen LogP contribution in [0.5, 0.6) is 0 Å². The van der Waals surface area contributed by atoms with E-state index in [0.29, 0.717) is 16.9 Å². The molecule has 0 aliphatic rings. The van der Waals surface area contributed by atoms with E-state index in [1.54, 1.807) is 24.3 Å². The van der Waals surface area contributed by atoms with Crippen LogP contribution in [-0.2, 0) is 4.79 Å². The van der Waals surface area contributed by atoms with Gasteiger partial charge < -0.3 is 16.4 Å². The summed E-state index contributed by atoms with van der Waals surface area (Å²) in [6, 6.07) is 12.5. The van der Waals surface area contributed by atoms with Crippen LogP contribution in [0.3, 0.4) is 0 Å². The number of carbonyl (C=O) groups is 2. The Morgan fingerprint density at radius 3 is 2.55 bits per heavy atom. The van der Waals surface area contributed by atoms with Gasteiger partial charge in [0.15, 0.2) is 0 Å². The van der Waals surface area contributed by atoms with Gasteiger partial charge in [0, 0.05) is 15.7 Å². The fourth-order valence-electron chi connectivity index (χ4n) is 1.90. The van der Waals surface area contributed by atoms with Crippen molar-refractivity contribution in [1.29, 1.82) is 0 Å². The number of benzene rings is 2. The Morgan fingerprint density at radius 1 is 1.14 bits per heavy atom. The maximum Gasteiger partial charge on any atom is 0.248 e. The van der Waals surface area contributed by atoms with Crippen LogP contribution in [0.1, 0.15) is 15.9 Å². The topological polar surface area (TPSA) is 84.2 Å². The molecule has 0 heterocycles. The van der Waals surface area contributed by atoms with Crippen LogP contribution in [0.25, 0.3) is 0 Å². The molecule has 2 aromatic carbocycles. The van der Waals surface area contributed by atoms with Crippen LogP contribution in [-0.4, -0.2) is 18.4 Å². The second-order valence-electron chi connectivity index (χ2n) is 4.78. The van der Waals surface area contributed by atoms with Crippen molar-refractivity contribution in [3.8, 4) is 0 Å². The Hall–Kier alpha value is -2.34. The number of hydrogen-bond donors (Lipinski definition) is 3. The largest absolute Gasteiger partial charge is 0.376 e. The number of rotatable bonds is 5. The summed E-state index contributed by atoms with van der Waals surface area (Å²) in [5.74, 6) is -0.684. The molecular weight excluding hydrogens is 346 g/mol. The van der Waals surface area contributed by atoms with E-state index in [0.717, 1.165) is 10.0 Å². The number of nitrogens with one attached hydrogen (secondary N) is 2. The van der Waals surface area contributed by atoms with Gasteiger partial charge in [-0.15, -0.1) is 0 Å². The average Bonchev–Trinajstić information content (AvgIpc) is 2.48. The van der Waals surface area contributed by atoms with Gasteiger partial charge in [0.1, 0.15) is 0 Å². The predicted octanol–water partition coefficient (Wildman–Crippen LogP) is 2.91. The summed E-state index contributed by atoms with van der Waals surface area (Å²) in [5, 5.41) is 5.81. The molecule has 2 rings (SSSR count). The lowest BCUT2D eigenvalue weighted by molar-refractivity contribution is -0.114. The fraction of sp³-hybridized carbons (Fsp3) is 0.125. The number of amides is 2. The molecule has 0 bridgehead atoms. The number of anilines is 2. The van der Waals surface area contributed by atoms with E-state index in [9.17, 15) is 9.59 Å². The maximum atomic E-state index is 12.0. The summed E-state index contributed by atoms with van der Waals surface area (Å²) in [4.78, 5) is 23.2. The van der Waals surface area contributed by atoms with Gasteiger partial charge in [0.05, 0.1) is 12.2 Å². The first-order valence-electron chi connectivity index (χ1n) is 6.66. The molecule has 4 N–H and O–H groups in total. The molecular formula is C16H16BrN3O2. The van der Waals surface area contributed by atoms with Gasteiger partial charge in [0.2, 0.25) is 11.8 Å². The highest BCUT2D eigenvalue weighted by molar-refractivity contribution is 9.10. The molecule has 0 spiro atoms. The number of primary amides is 1. The summed E-state index contributed by atoms with van der Waals surface area (Å²) < 4.78 is 0.815. The zero-order valence-corrected chi connectivity index (χ0v) is 13.6. The second-order valence-corrected chi connectivity index (χ2v) is 5.63. The van der Waals surface area contributed by atoms with Crippen molar-refractivity contribution in [3.05, 3.63) is 58.1 Å². The molecule has 0 radical (unpaired) electrons. The Labute approximate surface area is 137 Å². The normalized spacial score (nSPS) is 10.1.